The van der Waals surface area contributed by atoms with Crippen molar-refractivity contribution < 1.29 is 14.3 Å². The number of nitrogens with zero attached hydrogens (tertiary/aromatic N) is 3. The van der Waals surface area contributed by atoms with Crippen molar-refractivity contribution in [1.82, 2.24) is 15.3 Å². The van der Waals surface area contributed by atoms with Gasteiger partial charge in [-0.15, -0.1) is 0 Å². The van der Waals surface area contributed by atoms with Crippen molar-refractivity contribution in [2.75, 3.05) is 38.3 Å². The highest BCUT2D eigenvalue weighted by molar-refractivity contribution is 5.79. The van der Waals surface area contributed by atoms with E-state index in [0.717, 1.165) is 38.8 Å². The van der Waals surface area contributed by atoms with Gasteiger partial charge in [0.25, 0.3) is 0 Å². The highest BCUT2D eigenvalue weighted by atomic mass is 16.5. The standard InChI is InChI=1S/C18H28N4O3/c1-3-4-14-11-22(18-19-8-5-16(21-18)24-2)12-15(14)20-17(23)13-6-9-25-10-7-13/h5,8,13-15H,3-4,6-7,9-12H2,1-2H3,(H,20,23)/t14-,15-/m1/s1. The first-order valence-corrected chi connectivity index (χ1v) is 9.21. The maximum atomic E-state index is 12.6. The van der Waals surface area contributed by atoms with Gasteiger partial charge >= 0.3 is 0 Å². The summed E-state index contributed by atoms with van der Waals surface area (Å²) in [5.74, 6) is 1.90. The van der Waals surface area contributed by atoms with E-state index in [1.165, 1.54) is 0 Å². The van der Waals surface area contributed by atoms with Crippen LogP contribution >= 0.6 is 0 Å². The van der Waals surface area contributed by atoms with Gasteiger partial charge < -0.3 is 19.7 Å². The second-order valence-corrected chi connectivity index (χ2v) is 6.85. The molecule has 138 valence electrons. The van der Waals surface area contributed by atoms with Crippen molar-refractivity contribution in [2.24, 2.45) is 11.8 Å². The molecule has 2 atom stereocenters. The molecule has 7 nitrogen and oxygen atoms in total. The molecule has 1 amide bonds. The number of methoxy groups -OCH3 is 1. The van der Waals surface area contributed by atoms with Crippen molar-refractivity contribution in [3.63, 3.8) is 0 Å². The molecule has 0 radical (unpaired) electrons. The second-order valence-electron chi connectivity index (χ2n) is 6.85. The van der Waals surface area contributed by atoms with Crippen LogP contribution in [0, 0.1) is 11.8 Å². The zero-order valence-electron chi connectivity index (χ0n) is 15.1. The number of anilines is 1. The van der Waals surface area contributed by atoms with E-state index >= 15 is 0 Å². The number of nitrogens with one attached hydrogen (secondary N) is 1. The van der Waals surface area contributed by atoms with Crippen LogP contribution in [-0.4, -0.2) is 55.3 Å². The van der Waals surface area contributed by atoms with Gasteiger partial charge in [0, 0.05) is 44.5 Å². The van der Waals surface area contributed by atoms with E-state index in [1.54, 1.807) is 19.4 Å². The molecular formula is C18H28N4O3. The predicted molar refractivity (Wildman–Crippen MR) is 94.7 cm³/mol. The van der Waals surface area contributed by atoms with Crippen molar-refractivity contribution in [1.29, 1.82) is 0 Å². The number of hydrogen-bond acceptors (Lipinski definition) is 6. The lowest BCUT2D eigenvalue weighted by Crippen LogP contribution is -2.44. The van der Waals surface area contributed by atoms with Crippen LogP contribution in [0.2, 0.25) is 0 Å². The maximum Gasteiger partial charge on any atom is 0.228 e. The molecule has 0 aliphatic carbocycles. The van der Waals surface area contributed by atoms with E-state index in [-0.39, 0.29) is 17.9 Å². The number of hydrogen-bond donors (Lipinski definition) is 1. The van der Waals surface area contributed by atoms with E-state index in [9.17, 15) is 4.79 Å². The summed E-state index contributed by atoms with van der Waals surface area (Å²) in [4.78, 5) is 23.6. The summed E-state index contributed by atoms with van der Waals surface area (Å²) in [6.45, 7) is 5.16. The highest BCUT2D eigenvalue weighted by Crippen LogP contribution is 2.26. The van der Waals surface area contributed by atoms with Crippen LogP contribution in [0.15, 0.2) is 12.3 Å². The highest BCUT2D eigenvalue weighted by Gasteiger charge is 2.36. The first kappa shape index (κ1) is 17.9. The minimum absolute atomic E-state index is 0.0816. The Kier molecular flexibility index (Phi) is 6.07. The average molecular weight is 348 g/mol. The molecule has 0 saturated carbocycles. The quantitative estimate of drug-likeness (QED) is 0.842. The molecule has 0 spiro atoms. The van der Waals surface area contributed by atoms with Gasteiger partial charge in [0.15, 0.2) is 0 Å². The molecule has 25 heavy (non-hydrogen) atoms. The molecule has 0 bridgehead atoms. The van der Waals surface area contributed by atoms with E-state index in [4.69, 9.17) is 9.47 Å². The van der Waals surface area contributed by atoms with E-state index in [2.05, 4.69) is 27.1 Å². The molecule has 3 rings (SSSR count). The van der Waals surface area contributed by atoms with Gasteiger partial charge in [-0.1, -0.05) is 13.3 Å². The summed E-state index contributed by atoms with van der Waals surface area (Å²) < 4.78 is 10.6. The Morgan fingerprint density at radius 1 is 1.40 bits per heavy atom. The Morgan fingerprint density at radius 2 is 2.20 bits per heavy atom. The normalized spacial score (nSPS) is 24.3. The molecule has 3 heterocycles. The lowest BCUT2D eigenvalue weighted by atomic mass is 9.95. The topological polar surface area (TPSA) is 76.6 Å². The number of aromatic nitrogens is 2. The van der Waals surface area contributed by atoms with Gasteiger partial charge in [-0.2, -0.15) is 4.98 Å². The molecule has 1 aromatic heterocycles. The van der Waals surface area contributed by atoms with Crippen LogP contribution in [0.3, 0.4) is 0 Å². The Labute approximate surface area is 149 Å². The third-order valence-corrected chi connectivity index (χ3v) is 5.13. The van der Waals surface area contributed by atoms with Gasteiger partial charge in [0.2, 0.25) is 17.7 Å². The van der Waals surface area contributed by atoms with Gasteiger partial charge in [0.1, 0.15) is 0 Å². The number of rotatable bonds is 6. The smallest absolute Gasteiger partial charge is 0.228 e. The fraction of sp³-hybridized carbons (Fsp3) is 0.722. The molecule has 2 saturated heterocycles. The molecule has 2 aliphatic heterocycles. The van der Waals surface area contributed by atoms with Crippen LogP contribution in [0.5, 0.6) is 5.88 Å². The summed E-state index contributed by atoms with van der Waals surface area (Å²) in [6.07, 6.45) is 5.53. The van der Waals surface area contributed by atoms with Crippen LogP contribution in [-0.2, 0) is 9.53 Å². The third kappa shape index (κ3) is 4.39. The summed E-state index contributed by atoms with van der Waals surface area (Å²) >= 11 is 0. The largest absolute Gasteiger partial charge is 0.481 e. The zero-order valence-corrected chi connectivity index (χ0v) is 15.1. The molecule has 2 fully saturated rings. The average Bonchev–Trinajstić information content (AvgIpc) is 3.05. The number of carbonyl (C=O) groups is 1. The van der Waals surface area contributed by atoms with Crippen LogP contribution in [0.1, 0.15) is 32.6 Å². The first-order valence-electron chi connectivity index (χ1n) is 9.21. The predicted octanol–water partition coefficient (Wildman–Crippen LogP) is 1.63. The van der Waals surface area contributed by atoms with Gasteiger partial charge in [-0.05, 0) is 25.2 Å². The second kappa shape index (κ2) is 8.47. The maximum absolute atomic E-state index is 12.6. The first-order chi connectivity index (χ1) is 12.2. The fourth-order valence-electron chi connectivity index (χ4n) is 3.72. The molecular weight excluding hydrogens is 320 g/mol. The molecule has 7 heteroatoms. The number of ether oxygens (including phenoxy) is 2. The molecule has 0 unspecified atom stereocenters. The molecule has 1 N–H and O–H groups in total. The molecule has 1 aromatic rings. The summed E-state index contributed by atoms with van der Waals surface area (Å²) in [5.41, 5.74) is 0. The zero-order chi connectivity index (χ0) is 17.6. The summed E-state index contributed by atoms with van der Waals surface area (Å²) in [7, 11) is 1.60. The van der Waals surface area contributed by atoms with Gasteiger partial charge in [-0.3, -0.25) is 4.79 Å². The van der Waals surface area contributed by atoms with Crippen molar-refractivity contribution in [2.45, 2.75) is 38.6 Å². The Bertz CT molecular complexity index is 577. The van der Waals surface area contributed by atoms with Gasteiger partial charge in [0.05, 0.1) is 13.2 Å². The third-order valence-electron chi connectivity index (χ3n) is 5.13. The summed E-state index contributed by atoms with van der Waals surface area (Å²) in [5, 5.41) is 3.29. The fourth-order valence-corrected chi connectivity index (χ4v) is 3.72. The monoisotopic (exact) mass is 348 g/mol. The van der Waals surface area contributed by atoms with Crippen LogP contribution in [0.4, 0.5) is 5.95 Å². The SMILES string of the molecule is CCC[C@@H]1CN(c2nccc(OC)n2)C[C@H]1NC(=O)C1CCOCC1. The number of amides is 1. The number of carbonyl (C=O) groups excluding carboxylic acids is 1. The van der Waals surface area contributed by atoms with E-state index in [1.807, 2.05) is 0 Å². The van der Waals surface area contributed by atoms with Crippen LogP contribution < -0.4 is 15.0 Å². The van der Waals surface area contributed by atoms with E-state index in [0.29, 0.717) is 31.0 Å². The lowest BCUT2D eigenvalue weighted by molar-refractivity contribution is -0.128. The van der Waals surface area contributed by atoms with Crippen LogP contribution in [0.25, 0.3) is 0 Å². The molecule has 0 aromatic carbocycles. The Morgan fingerprint density at radius 3 is 2.92 bits per heavy atom. The Hall–Kier alpha value is -1.89. The lowest BCUT2D eigenvalue weighted by Gasteiger charge is -2.25. The van der Waals surface area contributed by atoms with E-state index < -0.39 is 0 Å². The minimum Gasteiger partial charge on any atom is -0.481 e. The molecule has 2 aliphatic rings. The van der Waals surface area contributed by atoms with Crippen molar-refractivity contribution in [3.05, 3.63) is 12.3 Å². The Balaban J connectivity index is 1.66. The van der Waals surface area contributed by atoms with Crippen molar-refractivity contribution in [3.8, 4) is 5.88 Å². The summed E-state index contributed by atoms with van der Waals surface area (Å²) in [6, 6.07) is 1.89. The van der Waals surface area contributed by atoms with Gasteiger partial charge in [-0.25, -0.2) is 4.98 Å². The van der Waals surface area contributed by atoms with Crippen molar-refractivity contribution >= 4 is 11.9 Å². The minimum atomic E-state index is 0.0816.